The number of rotatable bonds is 0. The largest absolute Gasteiger partial charge is 0.507 e. The number of carbonyl (C=O) groups excluding carboxylic acids is 1. The van der Waals surface area contributed by atoms with E-state index in [-0.39, 0.29) is 17.4 Å². The number of hydrogen-bond acceptors (Lipinski definition) is 3. The molecule has 1 unspecified atom stereocenters. The SMILES string of the molecule is CC1=C(O)C2=CC=CCC2OC1=O. The number of esters is 1. The van der Waals surface area contributed by atoms with E-state index in [1.54, 1.807) is 13.0 Å². The normalized spacial score (nSPS) is 26.7. The fraction of sp³-hybridized carbons (Fsp3) is 0.300. The molecule has 1 aliphatic heterocycles. The van der Waals surface area contributed by atoms with E-state index in [9.17, 15) is 9.90 Å². The number of aliphatic hydroxyl groups excluding tert-OH is 1. The minimum Gasteiger partial charge on any atom is -0.507 e. The lowest BCUT2D eigenvalue weighted by Gasteiger charge is -2.26. The first kappa shape index (κ1) is 8.10. The highest BCUT2D eigenvalue weighted by molar-refractivity contribution is 5.91. The number of carbonyl (C=O) groups is 1. The summed E-state index contributed by atoms with van der Waals surface area (Å²) in [4.78, 5) is 11.2. The second-order valence-electron chi connectivity index (χ2n) is 3.15. The molecule has 3 nitrogen and oxygen atoms in total. The molecule has 0 spiro atoms. The van der Waals surface area contributed by atoms with Crippen LogP contribution >= 0.6 is 0 Å². The van der Waals surface area contributed by atoms with Gasteiger partial charge < -0.3 is 9.84 Å². The van der Waals surface area contributed by atoms with Crippen LogP contribution in [0, 0.1) is 0 Å². The Morgan fingerprint density at radius 2 is 2.38 bits per heavy atom. The molecular weight excluding hydrogens is 168 g/mol. The molecule has 68 valence electrons. The van der Waals surface area contributed by atoms with Crippen molar-refractivity contribution >= 4 is 5.97 Å². The predicted octanol–water partition coefficient (Wildman–Crippen LogP) is 1.63. The summed E-state index contributed by atoms with van der Waals surface area (Å²) in [7, 11) is 0. The van der Waals surface area contributed by atoms with E-state index in [1.165, 1.54) is 0 Å². The number of ether oxygens (including phenoxy) is 1. The van der Waals surface area contributed by atoms with Crippen molar-refractivity contribution in [3.8, 4) is 0 Å². The molecule has 1 atom stereocenters. The molecule has 1 heterocycles. The lowest BCUT2D eigenvalue weighted by atomic mass is 9.95. The molecule has 0 radical (unpaired) electrons. The van der Waals surface area contributed by atoms with Crippen LogP contribution in [-0.2, 0) is 9.53 Å². The van der Waals surface area contributed by atoms with Crippen LogP contribution in [0.25, 0.3) is 0 Å². The zero-order chi connectivity index (χ0) is 9.42. The minimum atomic E-state index is -0.421. The summed E-state index contributed by atoms with van der Waals surface area (Å²) in [6.07, 6.45) is 5.90. The second-order valence-corrected chi connectivity index (χ2v) is 3.15. The van der Waals surface area contributed by atoms with Gasteiger partial charge in [0, 0.05) is 12.0 Å². The van der Waals surface area contributed by atoms with Crippen LogP contribution in [0.4, 0.5) is 0 Å². The van der Waals surface area contributed by atoms with E-state index in [0.717, 1.165) is 0 Å². The Kier molecular flexibility index (Phi) is 1.72. The summed E-state index contributed by atoms with van der Waals surface area (Å²) < 4.78 is 5.10. The monoisotopic (exact) mass is 178 g/mol. The van der Waals surface area contributed by atoms with Gasteiger partial charge >= 0.3 is 5.97 Å². The van der Waals surface area contributed by atoms with Gasteiger partial charge in [0.2, 0.25) is 0 Å². The fourth-order valence-electron chi connectivity index (χ4n) is 1.48. The molecule has 0 aromatic heterocycles. The molecule has 0 bridgehead atoms. The van der Waals surface area contributed by atoms with Crippen LogP contribution in [0.2, 0.25) is 0 Å². The van der Waals surface area contributed by atoms with Gasteiger partial charge in [-0.25, -0.2) is 4.79 Å². The van der Waals surface area contributed by atoms with Crippen molar-refractivity contribution < 1.29 is 14.6 Å². The highest BCUT2D eigenvalue weighted by Gasteiger charge is 2.30. The Morgan fingerprint density at radius 1 is 1.62 bits per heavy atom. The lowest BCUT2D eigenvalue weighted by Crippen LogP contribution is -2.28. The minimum absolute atomic E-state index is 0.0746. The van der Waals surface area contributed by atoms with Crippen LogP contribution in [0.1, 0.15) is 13.3 Å². The molecule has 0 aromatic rings. The van der Waals surface area contributed by atoms with E-state index in [2.05, 4.69) is 0 Å². The Bertz CT molecular complexity index is 347. The Hall–Kier alpha value is -1.51. The van der Waals surface area contributed by atoms with E-state index in [1.807, 2.05) is 12.2 Å². The molecule has 0 aromatic carbocycles. The maximum atomic E-state index is 11.2. The van der Waals surface area contributed by atoms with Gasteiger partial charge in [0.05, 0.1) is 5.57 Å². The highest BCUT2D eigenvalue weighted by Crippen LogP contribution is 2.29. The van der Waals surface area contributed by atoms with Crippen LogP contribution < -0.4 is 0 Å². The van der Waals surface area contributed by atoms with Gasteiger partial charge in [-0.05, 0) is 6.92 Å². The molecule has 0 saturated carbocycles. The first-order valence-electron chi connectivity index (χ1n) is 4.18. The summed E-state index contributed by atoms with van der Waals surface area (Å²) in [5.41, 5.74) is 0.998. The van der Waals surface area contributed by atoms with Crippen molar-refractivity contribution in [1.29, 1.82) is 0 Å². The lowest BCUT2D eigenvalue weighted by molar-refractivity contribution is -0.143. The molecule has 1 aliphatic carbocycles. The maximum absolute atomic E-state index is 11.2. The summed E-state index contributed by atoms with van der Waals surface area (Å²) in [5, 5.41) is 9.62. The van der Waals surface area contributed by atoms with Gasteiger partial charge in [0.15, 0.2) is 0 Å². The first-order chi connectivity index (χ1) is 6.20. The first-order valence-corrected chi connectivity index (χ1v) is 4.18. The zero-order valence-corrected chi connectivity index (χ0v) is 7.28. The van der Waals surface area contributed by atoms with Crippen molar-refractivity contribution in [2.45, 2.75) is 19.4 Å². The molecule has 0 fully saturated rings. The van der Waals surface area contributed by atoms with Crippen LogP contribution in [0.15, 0.2) is 35.1 Å². The van der Waals surface area contributed by atoms with Gasteiger partial charge in [-0.1, -0.05) is 18.2 Å². The van der Waals surface area contributed by atoms with E-state index in [4.69, 9.17) is 4.74 Å². The van der Waals surface area contributed by atoms with Crippen molar-refractivity contribution in [3.05, 3.63) is 35.1 Å². The van der Waals surface area contributed by atoms with Crippen molar-refractivity contribution in [2.24, 2.45) is 0 Å². The standard InChI is InChI=1S/C10H10O3/c1-6-9(11)7-4-2-3-5-8(7)13-10(6)12/h2-4,8,11H,5H2,1H3. The summed E-state index contributed by atoms with van der Waals surface area (Å²) in [6.45, 7) is 1.56. The quantitative estimate of drug-likeness (QED) is 0.573. The number of fused-ring (bicyclic) bond motifs is 1. The summed E-state index contributed by atoms with van der Waals surface area (Å²) in [6, 6.07) is 0. The van der Waals surface area contributed by atoms with Gasteiger partial charge in [-0.3, -0.25) is 0 Å². The summed E-state index contributed by atoms with van der Waals surface area (Å²) >= 11 is 0. The van der Waals surface area contributed by atoms with Crippen LogP contribution in [0.5, 0.6) is 0 Å². The third-order valence-electron chi connectivity index (χ3n) is 2.29. The molecule has 1 N–H and O–H groups in total. The Labute approximate surface area is 76.0 Å². The van der Waals surface area contributed by atoms with E-state index in [0.29, 0.717) is 12.0 Å². The number of allylic oxidation sites excluding steroid dienone is 2. The molecule has 13 heavy (non-hydrogen) atoms. The molecule has 2 aliphatic rings. The van der Waals surface area contributed by atoms with E-state index < -0.39 is 5.97 Å². The average molecular weight is 178 g/mol. The Balaban J connectivity index is 2.47. The molecule has 0 amide bonds. The molecule has 2 rings (SSSR count). The third kappa shape index (κ3) is 1.16. The Morgan fingerprint density at radius 3 is 3.15 bits per heavy atom. The van der Waals surface area contributed by atoms with E-state index >= 15 is 0 Å². The van der Waals surface area contributed by atoms with Crippen molar-refractivity contribution in [2.75, 3.05) is 0 Å². The van der Waals surface area contributed by atoms with Gasteiger partial charge in [0.1, 0.15) is 11.9 Å². The van der Waals surface area contributed by atoms with Gasteiger partial charge in [0.25, 0.3) is 0 Å². The highest BCUT2D eigenvalue weighted by atomic mass is 16.5. The zero-order valence-electron chi connectivity index (χ0n) is 7.28. The maximum Gasteiger partial charge on any atom is 0.338 e. The van der Waals surface area contributed by atoms with Crippen LogP contribution in [0.3, 0.4) is 0 Å². The topological polar surface area (TPSA) is 46.5 Å². The van der Waals surface area contributed by atoms with Crippen LogP contribution in [-0.4, -0.2) is 17.2 Å². The van der Waals surface area contributed by atoms with Gasteiger partial charge in [-0.2, -0.15) is 0 Å². The van der Waals surface area contributed by atoms with Crippen molar-refractivity contribution in [3.63, 3.8) is 0 Å². The smallest absolute Gasteiger partial charge is 0.338 e. The number of aliphatic hydroxyl groups is 1. The third-order valence-corrected chi connectivity index (χ3v) is 2.29. The predicted molar refractivity (Wildman–Crippen MR) is 47.0 cm³/mol. The van der Waals surface area contributed by atoms with Crippen molar-refractivity contribution in [1.82, 2.24) is 0 Å². The fourth-order valence-corrected chi connectivity index (χ4v) is 1.48. The molecule has 0 saturated heterocycles. The van der Waals surface area contributed by atoms with Gasteiger partial charge in [-0.15, -0.1) is 0 Å². The average Bonchev–Trinajstić information content (AvgIpc) is 2.15. The number of hydrogen-bond donors (Lipinski definition) is 1. The second kappa shape index (κ2) is 2.76. The molecule has 3 heteroatoms. The molecular formula is C10H10O3. The summed E-state index contributed by atoms with van der Waals surface area (Å²) in [5.74, 6) is -0.347.